The van der Waals surface area contributed by atoms with Crippen molar-refractivity contribution in [2.75, 3.05) is 37.7 Å². The number of ether oxygens (including phenoxy) is 1. The van der Waals surface area contributed by atoms with Crippen LogP contribution in [0.3, 0.4) is 0 Å². The van der Waals surface area contributed by atoms with E-state index in [1.165, 1.54) is 11.6 Å². The van der Waals surface area contributed by atoms with Crippen molar-refractivity contribution in [1.82, 2.24) is 14.5 Å². The number of imidazole rings is 1. The third kappa shape index (κ3) is 4.73. The maximum atomic E-state index is 14.9. The van der Waals surface area contributed by atoms with Crippen LogP contribution in [0.5, 0.6) is 5.75 Å². The van der Waals surface area contributed by atoms with Crippen molar-refractivity contribution in [2.24, 2.45) is 7.05 Å². The Bertz CT molecular complexity index is 997. The van der Waals surface area contributed by atoms with Gasteiger partial charge in [0, 0.05) is 57.7 Å². The highest BCUT2D eigenvalue weighted by atomic mass is 19.1. The normalized spacial score (nSPS) is 15.8. The number of rotatable bonds is 7. The quantitative estimate of drug-likeness (QED) is 0.630. The van der Waals surface area contributed by atoms with Gasteiger partial charge in [-0.3, -0.25) is 4.90 Å². The number of hydrogen-bond acceptors (Lipinski definition) is 5. The molecule has 164 valence electrons. The van der Waals surface area contributed by atoms with Gasteiger partial charge in [-0.05, 0) is 30.7 Å². The number of anilines is 1. The average Bonchev–Trinajstić information content (AvgIpc) is 3.21. The molecule has 0 radical (unpaired) electrons. The number of para-hydroxylation sites is 1. The highest BCUT2D eigenvalue weighted by molar-refractivity contribution is 5.57. The molecule has 3 aromatic rings. The fourth-order valence-electron chi connectivity index (χ4n) is 4.11. The van der Waals surface area contributed by atoms with Gasteiger partial charge in [0.05, 0.1) is 12.3 Å². The molecule has 0 aliphatic carbocycles. The Hall–Kier alpha value is -2.90. The van der Waals surface area contributed by atoms with E-state index in [2.05, 4.69) is 22.0 Å². The molecular formula is C24H29FN4O2. The van der Waals surface area contributed by atoms with Crippen molar-refractivity contribution >= 4 is 5.69 Å². The highest BCUT2D eigenvalue weighted by Gasteiger charge is 2.26. The van der Waals surface area contributed by atoms with Gasteiger partial charge in [0.1, 0.15) is 23.5 Å². The molecule has 1 fully saturated rings. The lowest BCUT2D eigenvalue weighted by atomic mass is 10.0. The first kappa shape index (κ1) is 21.3. The summed E-state index contributed by atoms with van der Waals surface area (Å²) in [6.45, 7) is 6.51. The number of aliphatic hydroxyl groups is 1. The van der Waals surface area contributed by atoms with E-state index in [4.69, 9.17) is 4.74 Å². The van der Waals surface area contributed by atoms with E-state index in [-0.39, 0.29) is 5.82 Å². The molecule has 6 nitrogen and oxygen atoms in total. The summed E-state index contributed by atoms with van der Waals surface area (Å²) in [7, 11) is 1.82. The van der Waals surface area contributed by atoms with E-state index in [1.54, 1.807) is 29.1 Å². The molecule has 1 aliphatic heterocycles. The molecule has 0 amide bonds. The Morgan fingerprint density at radius 2 is 1.84 bits per heavy atom. The lowest BCUT2D eigenvalue weighted by Crippen LogP contribution is -2.46. The number of aliphatic hydroxyl groups excluding tert-OH is 1. The minimum atomic E-state index is -0.979. The lowest BCUT2D eigenvalue weighted by molar-refractivity contribution is 0.205. The predicted octanol–water partition coefficient (Wildman–Crippen LogP) is 3.36. The maximum Gasteiger partial charge on any atom is 0.146 e. The fourth-order valence-corrected chi connectivity index (χ4v) is 4.11. The minimum absolute atomic E-state index is 0.314. The van der Waals surface area contributed by atoms with Gasteiger partial charge in [0.2, 0.25) is 0 Å². The summed E-state index contributed by atoms with van der Waals surface area (Å²) in [4.78, 5) is 8.64. The first-order valence-corrected chi connectivity index (χ1v) is 10.7. The number of aromatic nitrogens is 2. The summed E-state index contributed by atoms with van der Waals surface area (Å²) in [5.41, 5.74) is 2.25. The van der Waals surface area contributed by atoms with Crippen molar-refractivity contribution in [2.45, 2.75) is 19.6 Å². The van der Waals surface area contributed by atoms with Crippen LogP contribution in [0.15, 0.2) is 54.9 Å². The Morgan fingerprint density at radius 3 is 2.48 bits per heavy atom. The van der Waals surface area contributed by atoms with Crippen LogP contribution in [0, 0.1) is 5.82 Å². The molecule has 31 heavy (non-hydrogen) atoms. The summed E-state index contributed by atoms with van der Waals surface area (Å²) in [6.07, 6.45) is 2.43. The first-order valence-electron chi connectivity index (χ1n) is 10.7. The molecule has 1 atom stereocenters. The molecule has 1 saturated heterocycles. The van der Waals surface area contributed by atoms with E-state index < -0.39 is 6.10 Å². The van der Waals surface area contributed by atoms with E-state index in [0.29, 0.717) is 36.8 Å². The van der Waals surface area contributed by atoms with Crippen LogP contribution in [0.25, 0.3) is 0 Å². The SMILES string of the molecule is CCOc1ccc(CN2CCN(c3c(F)cccc3[C@H](O)c3nccn3C)CC2)cc1. The molecule has 1 N–H and O–H groups in total. The standard InChI is InChI=1S/C24H29FN4O2/c1-3-31-19-9-7-18(8-10-19)17-28-13-15-29(16-14-28)22-20(5-4-6-21(22)25)23(30)24-26-11-12-27(24)2/h4-12,23,30H,3,13-17H2,1-2H3/t23-/m0/s1. The molecule has 0 bridgehead atoms. The van der Waals surface area contributed by atoms with Crippen molar-refractivity contribution in [3.8, 4) is 5.75 Å². The average molecular weight is 425 g/mol. The van der Waals surface area contributed by atoms with Crippen LogP contribution in [-0.4, -0.2) is 52.3 Å². The molecule has 0 saturated carbocycles. The summed E-state index contributed by atoms with van der Waals surface area (Å²) in [5, 5.41) is 10.9. The Labute approximate surface area is 182 Å². The third-order valence-electron chi connectivity index (χ3n) is 5.74. The fraction of sp³-hybridized carbons (Fsp3) is 0.375. The summed E-state index contributed by atoms with van der Waals surface area (Å²) in [6, 6.07) is 13.1. The summed E-state index contributed by atoms with van der Waals surface area (Å²) in [5.74, 6) is 1.07. The van der Waals surface area contributed by atoms with E-state index >= 15 is 0 Å². The molecule has 7 heteroatoms. The molecule has 1 aliphatic rings. The van der Waals surface area contributed by atoms with Gasteiger partial charge in [-0.1, -0.05) is 24.3 Å². The van der Waals surface area contributed by atoms with Gasteiger partial charge in [0.15, 0.2) is 0 Å². The molecule has 0 spiro atoms. The second kappa shape index (κ2) is 9.49. The minimum Gasteiger partial charge on any atom is -0.494 e. The Kier molecular flexibility index (Phi) is 6.53. The molecule has 0 unspecified atom stereocenters. The number of benzene rings is 2. The zero-order chi connectivity index (χ0) is 21.8. The van der Waals surface area contributed by atoms with Crippen molar-refractivity contribution in [3.05, 3.63) is 77.6 Å². The zero-order valence-corrected chi connectivity index (χ0v) is 18.0. The second-order valence-corrected chi connectivity index (χ2v) is 7.82. The van der Waals surface area contributed by atoms with Gasteiger partial charge in [-0.2, -0.15) is 0 Å². The van der Waals surface area contributed by atoms with Crippen LogP contribution in [-0.2, 0) is 13.6 Å². The molecule has 4 rings (SSSR count). The predicted molar refractivity (Wildman–Crippen MR) is 119 cm³/mol. The summed E-state index contributed by atoms with van der Waals surface area (Å²) >= 11 is 0. The van der Waals surface area contributed by atoms with E-state index in [1.807, 2.05) is 31.0 Å². The van der Waals surface area contributed by atoms with Crippen molar-refractivity contribution < 1.29 is 14.2 Å². The number of piperazine rings is 1. The topological polar surface area (TPSA) is 53.8 Å². The van der Waals surface area contributed by atoms with Gasteiger partial charge in [0.25, 0.3) is 0 Å². The molecule has 2 heterocycles. The second-order valence-electron chi connectivity index (χ2n) is 7.82. The van der Waals surface area contributed by atoms with Crippen LogP contribution in [0.1, 0.15) is 30.0 Å². The van der Waals surface area contributed by atoms with E-state index in [9.17, 15) is 9.50 Å². The number of aryl methyl sites for hydroxylation is 1. The van der Waals surface area contributed by atoms with Gasteiger partial charge >= 0.3 is 0 Å². The van der Waals surface area contributed by atoms with Crippen molar-refractivity contribution in [1.29, 1.82) is 0 Å². The zero-order valence-electron chi connectivity index (χ0n) is 18.0. The first-order chi connectivity index (χ1) is 15.1. The van der Waals surface area contributed by atoms with Gasteiger partial charge in [-0.15, -0.1) is 0 Å². The number of halogens is 1. The lowest BCUT2D eigenvalue weighted by Gasteiger charge is -2.37. The van der Waals surface area contributed by atoms with Crippen LogP contribution < -0.4 is 9.64 Å². The van der Waals surface area contributed by atoms with E-state index in [0.717, 1.165) is 25.4 Å². The number of hydrogen-bond donors (Lipinski definition) is 1. The van der Waals surface area contributed by atoms with Crippen LogP contribution in [0.2, 0.25) is 0 Å². The third-order valence-corrected chi connectivity index (χ3v) is 5.74. The monoisotopic (exact) mass is 424 g/mol. The molecule has 1 aromatic heterocycles. The Balaban J connectivity index is 1.44. The van der Waals surface area contributed by atoms with Crippen LogP contribution >= 0.6 is 0 Å². The molecular weight excluding hydrogens is 395 g/mol. The van der Waals surface area contributed by atoms with Gasteiger partial charge < -0.3 is 19.3 Å². The van der Waals surface area contributed by atoms with Gasteiger partial charge in [-0.25, -0.2) is 9.37 Å². The number of nitrogens with zero attached hydrogens (tertiary/aromatic N) is 4. The smallest absolute Gasteiger partial charge is 0.146 e. The Morgan fingerprint density at radius 1 is 1.10 bits per heavy atom. The highest BCUT2D eigenvalue weighted by Crippen LogP contribution is 2.33. The largest absolute Gasteiger partial charge is 0.494 e. The van der Waals surface area contributed by atoms with Crippen LogP contribution in [0.4, 0.5) is 10.1 Å². The summed E-state index contributed by atoms with van der Waals surface area (Å²) < 4.78 is 22.1. The maximum absolute atomic E-state index is 14.9. The van der Waals surface area contributed by atoms with Crippen molar-refractivity contribution in [3.63, 3.8) is 0 Å². The molecule has 2 aromatic carbocycles.